The second-order valence-corrected chi connectivity index (χ2v) is 8.78. The Labute approximate surface area is 127 Å². The molecule has 1 aromatic rings. The standard InChI is InChI=1S/C15H25N3O2S/c1-12(2)18-11-14(10-16-18)21(19,20)17-8-6-13(7-9-17)15(3,4)5/h6,10-12H,7-9H2,1-5H3. The Morgan fingerprint density at radius 3 is 2.38 bits per heavy atom. The van der Waals surface area contributed by atoms with Crippen molar-refractivity contribution in [3.8, 4) is 0 Å². The minimum atomic E-state index is -3.44. The lowest BCUT2D eigenvalue weighted by atomic mass is 9.83. The molecule has 6 heteroatoms. The molecule has 0 N–H and O–H groups in total. The van der Waals surface area contributed by atoms with Crippen molar-refractivity contribution < 1.29 is 8.42 Å². The first kappa shape index (κ1) is 16.2. The Morgan fingerprint density at radius 2 is 1.95 bits per heavy atom. The van der Waals surface area contributed by atoms with Crippen molar-refractivity contribution in [2.75, 3.05) is 13.1 Å². The van der Waals surface area contributed by atoms with Crippen molar-refractivity contribution in [3.63, 3.8) is 0 Å². The Morgan fingerprint density at radius 1 is 1.29 bits per heavy atom. The average molecular weight is 311 g/mol. The quantitative estimate of drug-likeness (QED) is 0.807. The van der Waals surface area contributed by atoms with Crippen LogP contribution >= 0.6 is 0 Å². The van der Waals surface area contributed by atoms with Crippen LogP contribution < -0.4 is 0 Å². The summed E-state index contributed by atoms with van der Waals surface area (Å²) in [5.74, 6) is 0. The van der Waals surface area contributed by atoms with Crippen LogP contribution in [0.15, 0.2) is 28.9 Å². The van der Waals surface area contributed by atoms with E-state index in [0.717, 1.165) is 6.42 Å². The summed E-state index contributed by atoms with van der Waals surface area (Å²) in [5, 5.41) is 4.13. The third-order valence-electron chi connectivity index (χ3n) is 3.88. The zero-order valence-corrected chi connectivity index (χ0v) is 14.3. The lowest BCUT2D eigenvalue weighted by Crippen LogP contribution is -2.36. The Bertz CT molecular complexity index is 636. The highest BCUT2D eigenvalue weighted by atomic mass is 32.2. The van der Waals surface area contributed by atoms with E-state index in [1.807, 2.05) is 19.9 Å². The summed E-state index contributed by atoms with van der Waals surface area (Å²) in [4.78, 5) is 0.281. The van der Waals surface area contributed by atoms with E-state index in [1.165, 1.54) is 16.1 Å². The zero-order valence-electron chi connectivity index (χ0n) is 13.5. The van der Waals surface area contributed by atoms with E-state index in [9.17, 15) is 8.42 Å². The van der Waals surface area contributed by atoms with Crippen molar-refractivity contribution in [2.45, 2.75) is 52.0 Å². The fraction of sp³-hybridized carbons (Fsp3) is 0.667. The van der Waals surface area contributed by atoms with Gasteiger partial charge in [-0.1, -0.05) is 32.4 Å². The van der Waals surface area contributed by atoms with Crippen LogP contribution in [0, 0.1) is 5.41 Å². The molecule has 0 fully saturated rings. The first-order chi connectivity index (χ1) is 9.62. The van der Waals surface area contributed by atoms with E-state index in [2.05, 4.69) is 25.9 Å². The molecule has 21 heavy (non-hydrogen) atoms. The van der Waals surface area contributed by atoms with Gasteiger partial charge < -0.3 is 0 Å². The normalized spacial score (nSPS) is 18.1. The van der Waals surface area contributed by atoms with Crippen LogP contribution in [0.5, 0.6) is 0 Å². The molecule has 0 amide bonds. The molecular weight excluding hydrogens is 286 g/mol. The van der Waals surface area contributed by atoms with Gasteiger partial charge in [0.15, 0.2) is 0 Å². The third kappa shape index (κ3) is 3.37. The van der Waals surface area contributed by atoms with Gasteiger partial charge in [0.05, 0.1) is 6.20 Å². The summed E-state index contributed by atoms with van der Waals surface area (Å²) < 4.78 is 28.5. The predicted molar refractivity (Wildman–Crippen MR) is 83.5 cm³/mol. The first-order valence-corrected chi connectivity index (χ1v) is 8.80. The Hall–Kier alpha value is -1.14. The van der Waals surface area contributed by atoms with Gasteiger partial charge in [0.25, 0.3) is 0 Å². The first-order valence-electron chi connectivity index (χ1n) is 7.36. The molecular formula is C15H25N3O2S. The summed E-state index contributed by atoms with van der Waals surface area (Å²) in [7, 11) is -3.44. The molecule has 2 rings (SSSR count). The van der Waals surface area contributed by atoms with Gasteiger partial charge in [-0.05, 0) is 25.7 Å². The fourth-order valence-electron chi connectivity index (χ4n) is 2.44. The number of sulfonamides is 1. The van der Waals surface area contributed by atoms with Crippen LogP contribution in [0.4, 0.5) is 0 Å². The van der Waals surface area contributed by atoms with Crippen molar-refractivity contribution in [1.82, 2.24) is 14.1 Å². The van der Waals surface area contributed by atoms with Gasteiger partial charge in [-0.15, -0.1) is 0 Å². The summed E-state index contributed by atoms with van der Waals surface area (Å²) in [6.45, 7) is 11.4. The minimum Gasteiger partial charge on any atom is -0.269 e. The second kappa shape index (κ2) is 5.57. The second-order valence-electron chi connectivity index (χ2n) is 6.84. The zero-order chi connectivity index (χ0) is 15.8. The van der Waals surface area contributed by atoms with Gasteiger partial charge in [-0.25, -0.2) is 8.42 Å². The number of nitrogens with zero attached hydrogens (tertiary/aromatic N) is 3. The highest BCUT2D eigenvalue weighted by Crippen LogP contribution is 2.31. The molecule has 1 aromatic heterocycles. The van der Waals surface area contributed by atoms with Crippen molar-refractivity contribution in [2.24, 2.45) is 5.41 Å². The molecule has 0 radical (unpaired) electrons. The van der Waals surface area contributed by atoms with Crippen molar-refractivity contribution in [1.29, 1.82) is 0 Å². The minimum absolute atomic E-state index is 0.110. The van der Waals surface area contributed by atoms with Gasteiger partial charge in [0.1, 0.15) is 4.90 Å². The topological polar surface area (TPSA) is 55.2 Å². The maximum Gasteiger partial charge on any atom is 0.246 e. The smallest absolute Gasteiger partial charge is 0.246 e. The van der Waals surface area contributed by atoms with E-state index in [4.69, 9.17) is 0 Å². The summed E-state index contributed by atoms with van der Waals surface area (Å²) in [5.41, 5.74) is 1.44. The van der Waals surface area contributed by atoms with Crippen LogP contribution in [0.1, 0.15) is 47.1 Å². The molecule has 0 aromatic carbocycles. The van der Waals surface area contributed by atoms with Crippen LogP contribution in [-0.4, -0.2) is 35.6 Å². The van der Waals surface area contributed by atoms with E-state index < -0.39 is 10.0 Å². The van der Waals surface area contributed by atoms with E-state index >= 15 is 0 Å². The molecule has 0 aliphatic carbocycles. The van der Waals surface area contributed by atoms with Crippen LogP contribution in [0.25, 0.3) is 0 Å². The number of rotatable bonds is 3. The van der Waals surface area contributed by atoms with Crippen LogP contribution in [0.2, 0.25) is 0 Å². The maximum atomic E-state index is 12.6. The monoisotopic (exact) mass is 311 g/mol. The summed E-state index contributed by atoms with van der Waals surface area (Å²) in [6, 6.07) is 0.155. The van der Waals surface area contributed by atoms with E-state index in [1.54, 1.807) is 10.9 Å². The van der Waals surface area contributed by atoms with Gasteiger partial charge in [-0.2, -0.15) is 9.40 Å². The predicted octanol–water partition coefficient (Wildman–Crippen LogP) is 2.83. The Balaban J connectivity index is 2.20. The number of hydrogen-bond donors (Lipinski definition) is 0. The Kier molecular flexibility index (Phi) is 4.31. The highest BCUT2D eigenvalue weighted by molar-refractivity contribution is 7.89. The molecule has 118 valence electrons. The van der Waals surface area contributed by atoms with Crippen molar-refractivity contribution >= 4 is 10.0 Å². The van der Waals surface area contributed by atoms with Gasteiger partial charge in [0, 0.05) is 25.3 Å². The molecule has 1 aliphatic rings. The SMILES string of the molecule is CC(C)n1cc(S(=O)(=O)N2CC=C(C(C)(C)C)CC2)cn1. The van der Waals surface area contributed by atoms with Gasteiger partial charge in [-0.3, -0.25) is 4.68 Å². The molecule has 0 saturated heterocycles. The van der Waals surface area contributed by atoms with Crippen molar-refractivity contribution in [3.05, 3.63) is 24.0 Å². The van der Waals surface area contributed by atoms with Crippen LogP contribution in [-0.2, 0) is 10.0 Å². The molecule has 0 saturated carbocycles. The molecule has 5 nitrogen and oxygen atoms in total. The molecule has 2 heterocycles. The lowest BCUT2D eigenvalue weighted by molar-refractivity contribution is 0.389. The molecule has 0 atom stereocenters. The maximum absolute atomic E-state index is 12.6. The molecule has 0 spiro atoms. The largest absolute Gasteiger partial charge is 0.269 e. The average Bonchev–Trinajstić information content (AvgIpc) is 2.88. The van der Waals surface area contributed by atoms with Crippen LogP contribution in [0.3, 0.4) is 0 Å². The molecule has 0 bridgehead atoms. The fourth-order valence-corrected chi connectivity index (χ4v) is 3.76. The van der Waals surface area contributed by atoms with E-state index in [-0.39, 0.29) is 16.4 Å². The number of aromatic nitrogens is 2. The third-order valence-corrected chi connectivity index (χ3v) is 5.70. The van der Waals surface area contributed by atoms with Gasteiger partial charge >= 0.3 is 0 Å². The lowest BCUT2D eigenvalue weighted by Gasteiger charge is -2.31. The summed E-state index contributed by atoms with van der Waals surface area (Å²) >= 11 is 0. The highest BCUT2D eigenvalue weighted by Gasteiger charge is 2.30. The molecule has 0 unspecified atom stereocenters. The van der Waals surface area contributed by atoms with E-state index in [0.29, 0.717) is 13.1 Å². The number of hydrogen-bond acceptors (Lipinski definition) is 3. The summed E-state index contributed by atoms with van der Waals surface area (Å²) in [6.07, 6.45) is 5.90. The molecule has 1 aliphatic heterocycles. The van der Waals surface area contributed by atoms with Gasteiger partial charge in [0.2, 0.25) is 10.0 Å².